The molecule has 1 atom stereocenters. The van der Waals surface area contributed by atoms with Crippen molar-refractivity contribution in [2.75, 3.05) is 5.75 Å². The number of thiophene rings is 1. The Morgan fingerprint density at radius 1 is 1.32 bits per heavy atom. The summed E-state index contributed by atoms with van der Waals surface area (Å²) in [5, 5.41) is 10.4. The highest BCUT2D eigenvalue weighted by Crippen LogP contribution is 2.37. The van der Waals surface area contributed by atoms with Crippen molar-refractivity contribution < 1.29 is 4.74 Å². The summed E-state index contributed by atoms with van der Waals surface area (Å²) in [6.07, 6.45) is 2.73. The van der Waals surface area contributed by atoms with Gasteiger partial charge in [0.1, 0.15) is 4.83 Å². The fourth-order valence-corrected chi connectivity index (χ4v) is 6.02. The molecule has 0 radical (unpaired) electrons. The quantitative estimate of drug-likeness (QED) is 0.318. The molecule has 0 N–H and O–H groups in total. The third-order valence-electron chi connectivity index (χ3n) is 5.68. The molecule has 160 valence electrons. The Hall–Kier alpha value is -2.42. The summed E-state index contributed by atoms with van der Waals surface area (Å²) in [7, 11) is 0. The second-order valence-electron chi connectivity index (χ2n) is 8.08. The van der Waals surface area contributed by atoms with E-state index in [1.165, 1.54) is 0 Å². The number of ether oxygens (including phenoxy) is 1. The fraction of sp³-hybridized carbons (Fsp3) is 0.348. The van der Waals surface area contributed by atoms with Crippen molar-refractivity contribution in [1.82, 2.24) is 19.2 Å². The van der Waals surface area contributed by atoms with E-state index in [-0.39, 0.29) is 11.7 Å². The van der Waals surface area contributed by atoms with E-state index in [9.17, 15) is 4.79 Å². The molecule has 1 aliphatic heterocycles. The molecule has 3 aromatic heterocycles. The SMILES string of the molecule is C=CCSc1nnc2n(Cc3ccccc3)c(=O)c3c4c(sc3n12)CO[C@@H](C(C)C)C4. The van der Waals surface area contributed by atoms with Gasteiger partial charge in [-0.25, -0.2) is 4.40 Å². The van der Waals surface area contributed by atoms with Gasteiger partial charge in [-0.1, -0.05) is 62.0 Å². The average molecular weight is 453 g/mol. The van der Waals surface area contributed by atoms with E-state index < -0.39 is 0 Å². The fourth-order valence-electron chi connectivity index (χ4n) is 4.06. The van der Waals surface area contributed by atoms with Crippen molar-refractivity contribution in [2.24, 2.45) is 5.92 Å². The molecule has 4 heterocycles. The highest BCUT2D eigenvalue weighted by molar-refractivity contribution is 7.99. The molecule has 6 nitrogen and oxygen atoms in total. The normalized spacial score (nSPS) is 16.3. The lowest BCUT2D eigenvalue weighted by Gasteiger charge is -2.26. The van der Waals surface area contributed by atoms with Crippen molar-refractivity contribution in [3.05, 3.63) is 69.3 Å². The van der Waals surface area contributed by atoms with Crippen LogP contribution in [0.2, 0.25) is 0 Å². The summed E-state index contributed by atoms with van der Waals surface area (Å²) in [6, 6.07) is 10.0. The van der Waals surface area contributed by atoms with E-state index in [4.69, 9.17) is 4.74 Å². The lowest BCUT2D eigenvalue weighted by atomic mass is 9.96. The molecule has 0 amide bonds. The molecule has 0 aliphatic carbocycles. The lowest BCUT2D eigenvalue weighted by Crippen LogP contribution is -2.28. The van der Waals surface area contributed by atoms with Gasteiger partial charge in [-0.05, 0) is 17.0 Å². The predicted octanol–water partition coefficient (Wildman–Crippen LogP) is 4.53. The molecule has 0 fully saturated rings. The van der Waals surface area contributed by atoms with Gasteiger partial charge in [0.2, 0.25) is 5.78 Å². The number of aromatic nitrogens is 4. The zero-order valence-corrected chi connectivity index (χ0v) is 19.2. The number of nitrogens with zero attached hydrogens (tertiary/aromatic N) is 4. The zero-order chi connectivity index (χ0) is 21.5. The average Bonchev–Trinajstić information content (AvgIpc) is 3.36. The van der Waals surface area contributed by atoms with Crippen LogP contribution in [0.25, 0.3) is 16.0 Å². The van der Waals surface area contributed by atoms with Crippen molar-refractivity contribution >= 4 is 39.1 Å². The molecule has 31 heavy (non-hydrogen) atoms. The van der Waals surface area contributed by atoms with Gasteiger partial charge in [-0.3, -0.25) is 9.36 Å². The molecule has 0 spiro atoms. The molecular formula is C23H24N4O2S2. The number of thioether (sulfide) groups is 1. The summed E-state index contributed by atoms with van der Waals surface area (Å²) in [5.74, 6) is 1.70. The number of rotatable bonds is 6. The van der Waals surface area contributed by atoms with Crippen LogP contribution in [-0.4, -0.2) is 31.0 Å². The Kier molecular flexibility index (Phi) is 5.45. The third-order valence-corrected chi connectivity index (χ3v) is 7.80. The summed E-state index contributed by atoms with van der Waals surface area (Å²) >= 11 is 3.20. The Morgan fingerprint density at radius 2 is 2.13 bits per heavy atom. The maximum atomic E-state index is 13.8. The van der Waals surface area contributed by atoms with Crippen LogP contribution in [0.4, 0.5) is 0 Å². The largest absolute Gasteiger partial charge is 0.372 e. The number of hydrogen-bond donors (Lipinski definition) is 0. The molecule has 0 saturated carbocycles. The van der Waals surface area contributed by atoms with Crippen LogP contribution in [0, 0.1) is 5.92 Å². The van der Waals surface area contributed by atoms with Gasteiger partial charge in [0.15, 0.2) is 5.16 Å². The van der Waals surface area contributed by atoms with E-state index in [0.29, 0.717) is 24.8 Å². The lowest BCUT2D eigenvalue weighted by molar-refractivity contribution is 0.00200. The molecule has 4 aromatic rings. The third kappa shape index (κ3) is 3.52. The molecule has 1 aromatic carbocycles. The van der Waals surface area contributed by atoms with Crippen LogP contribution in [0.15, 0.2) is 52.9 Å². The first-order chi connectivity index (χ1) is 15.1. The maximum Gasteiger partial charge on any atom is 0.264 e. The van der Waals surface area contributed by atoms with Crippen LogP contribution in [-0.2, 0) is 24.3 Å². The number of benzene rings is 1. The van der Waals surface area contributed by atoms with Crippen LogP contribution >= 0.6 is 23.1 Å². The van der Waals surface area contributed by atoms with Crippen LogP contribution < -0.4 is 5.56 Å². The van der Waals surface area contributed by atoms with E-state index in [1.54, 1.807) is 27.7 Å². The topological polar surface area (TPSA) is 61.4 Å². The smallest absolute Gasteiger partial charge is 0.264 e. The summed E-state index contributed by atoms with van der Waals surface area (Å²) < 4.78 is 9.89. The molecule has 8 heteroatoms. The highest BCUT2D eigenvalue weighted by atomic mass is 32.2. The van der Waals surface area contributed by atoms with Gasteiger partial charge in [0.25, 0.3) is 5.56 Å². The molecule has 5 rings (SSSR count). The Balaban J connectivity index is 1.78. The van der Waals surface area contributed by atoms with E-state index in [1.807, 2.05) is 40.8 Å². The zero-order valence-electron chi connectivity index (χ0n) is 17.6. The van der Waals surface area contributed by atoms with Gasteiger partial charge < -0.3 is 4.74 Å². The standard InChI is InChI=1S/C23H24N4O2S2/c1-4-10-30-23-25-24-22-26(12-15-8-6-5-7-9-15)20(28)19-16-11-17(14(2)3)29-13-18(16)31-21(19)27(22)23/h4-9,14,17H,1,10-13H2,2-3H3/t17-/m1/s1. The molecule has 0 unspecified atom stereocenters. The number of fused-ring (bicyclic) bond motifs is 5. The first-order valence-electron chi connectivity index (χ1n) is 10.4. The monoisotopic (exact) mass is 452 g/mol. The number of hydrogen-bond acceptors (Lipinski definition) is 6. The van der Waals surface area contributed by atoms with Gasteiger partial charge in [0.05, 0.1) is 24.6 Å². The van der Waals surface area contributed by atoms with Crippen LogP contribution in [0.1, 0.15) is 29.9 Å². The minimum absolute atomic E-state index is 0.000861. The van der Waals surface area contributed by atoms with Gasteiger partial charge in [-0.15, -0.1) is 28.1 Å². The van der Waals surface area contributed by atoms with Gasteiger partial charge in [0, 0.05) is 17.1 Å². The Labute approximate surface area is 188 Å². The maximum absolute atomic E-state index is 13.8. The molecular weight excluding hydrogens is 428 g/mol. The first kappa shape index (κ1) is 20.5. The molecule has 0 bridgehead atoms. The van der Waals surface area contributed by atoms with E-state index in [0.717, 1.165) is 43.6 Å². The van der Waals surface area contributed by atoms with Gasteiger partial charge >= 0.3 is 0 Å². The second-order valence-corrected chi connectivity index (χ2v) is 10.1. The van der Waals surface area contributed by atoms with Crippen LogP contribution in [0.3, 0.4) is 0 Å². The van der Waals surface area contributed by atoms with Crippen molar-refractivity contribution in [2.45, 2.75) is 44.7 Å². The summed E-state index contributed by atoms with van der Waals surface area (Å²) in [5.41, 5.74) is 2.19. The van der Waals surface area contributed by atoms with Crippen molar-refractivity contribution in [1.29, 1.82) is 0 Å². The minimum Gasteiger partial charge on any atom is -0.372 e. The predicted molar refractivity (Wildman–Crippen MR) is 126 cm³/mol. The van der Waals surface area contributed by atoms with Crippen LogP contribution in [0.5, 0.6) is 0 Å². The van der Waals surface area contributed by atoms with Crippen molar-refractivity contribution in [3.63, 3.8) is 0 Å². The van der Waals surface area contributed by atoms with E-state index >= 15 is 0 Å². The van der Waals surface area contributed by atoms with Crippen molar-refractivity contribution in [3.8, 4) is 0 Å². The van der Waals surface area contributed by atoms with Gasteiger partial charge in [-0.2, -0.15) is 0 Å². The second kappa shape index (κ2) is 8.26. The summed E-state index contributed by atoms with van der Waals surface area (Å²) in [4.78, 5) is 15.9. The minimum atomic E-state index is 0.000861. The van der Waals surface area contributed by atoms with E-state index in [2.05, 4.69) is 30.6 Å². The molecule has 0 saturated heterocycles. The Bertz CT molecular complexity index is 1320. The first-order valence-corrected chi connectivity index (χ1v) is 12.2. The molecule has 1 aliphatic rings. The Morgan fingerprint density at radius 3 is 2.87 bits per heavy atom. The highest BCUT2D eigenvalue weighted by Gasteiger charge is 2.29. The summed E-state index contributed by atoms with van der Waals surface area (Å²) in [6.45, 7) is 9.16.